The van der Waals surface area contributed by atoms with E-state index in [-0.39, 0.29) is 12.2 Å². The first-order chi connectivity index (χ1) is 10.3. The van der Waals surface area contributed by atoms with Crippen molar-refractivity contribution in [2.75, 3.05) is 31.7 Å². The Morgan fingerprint density at radius 1 is 1.33 bits per heavy atom. The second kappa shape index (κ2) is 6.56. The molecule has 0 N–H and O–H groups in total. The Bertz CT molecular complexity index is 573. The third kappa shape index (κ3) is 3.43. The van der Waals surface area contributed by atoms with Crippen molar-refractivity contribution in [3.05, 3.63) is 36.5 Å². The van der Waals surface area contributed by atoms with Gasteiger partial charge in [-0.2, -0.15) is 0 Å². The number of hydrogen-bond donors (Lipinski definition) is 0. The van der Waals surface area contributed by atoms with E-state index < -0.39 is 0 Å². The molecular weight excluding hydrogens is 284 g/mol. The second-order valence-corrected chi connectivity index (χ2v) is 6.31. The van der Waals surface area contributed by atoms with Crippen molar-refractivity contribution in [3.63, 3.8) is 0 Å². The van der Waals surface area contributed by atoms with Crippen LogP contribution in [-0.4, -0.2) is 44.0 Å². The molecule has 0 bridgehead atoms. The molecule has 1 saturated heterocycles. The summed E-state index contributed by atoms with van der Waals surface area (Å²) in [6.07, 6.45) is 2.27. The number of thiazole rings is 1. The molecule has 5 heteroatoms. The highest BCUT2D eigenvalue weighted by molar-refractivity contribution is 7.18. The van der Waals surface area contributed by atoms with Gasteiger partial charge >= 0.3 is 0 Å². The molecule has 1 aromatic heterocycles. The van der Waals surface area contributed by atoms with Crippen LogP contribution in [0.15, 0.2) is 36.5 Å². The van der Waals surface area contributed by atoms with Crippen LogP contribution in [-0.2, 0) is 9.47 Å². The zero-order valence-corrected chi connectivity index (χ0v) is 13.2. The summed E-state index contributed by atoms with van der Waals surface area (Å²) in [5.41, 5.74) is 1.22. The maximum Gasteiger partial charge on any atom is 0.186 e. The van der Waals surface area contributed by atoms with Crippen LogP contribution < -0.4 is 4.90 Å². The van der Waals surface area contributed by atoms with E-state index in [1.165, 1.54) is 10.4 Å². The van der Waals surface area contributed by atoms with Gasteiger partial charge in [-0.25, -0.2) is 4.98 Å². The fourth-order valence-corrected chi connectivity index (χ4v) is 3.57. The lowest BCUT2D eigenvalue weighted by Crippen LogP contribution is -2.48. The number of rotatable bonds is 4. The van der Waals surface area contributed by atoms with E-state index in [1.54, 1.807) is 18.4 Å². The third-order valence-electron chi connectivity index (χ3n) is 3.50. The summed E-state index contributed by atoms with van der Waals surface area (Å²) in [6.45, 7) is 4.43. The molecule has 4 nitrogen and oxygen atoms in total. The number of benzene rings is 1. The van der Waals surface area contributed by atoms with Crippen molar-refractivity contribution in [2.45, 2.75) is 19.1 Å². The van der Waals surface area contributed by atoms with Crippen molar-refractivity contribution in [2.24, 2.45) is 0 Å². The average Bonchev–Trinajstić information content (AvgIpc) is 2.98. The van der Waals surface area contributed by atoms with Gasteiger partial charge in [0.1, 0.15) is 0 Å². The van der Waals surface area contributed by atoms with Gasteiger partial charge in [-0.05, 0) is 12.5 Å². The molecule has 0 spiro atoms. The fraction of sp³-hybridized carbons (Fsp3) is 0.438. The fourth-order valence-electron chi connectivity index (χ4n) is 2.63. The van der Waals surface area contributed by atoms with Crippen molar-refractivity contribution < 1.29 is 9.47 Å². The molecule has 2 atom stereocenters. The number of hydrogen-bond acceptors (Lipinski definition) is 5. The predicted molar refractivity (Wildman–Crippen MR) is 86.0 cm³/mol. The third-order valence-corrected chi connectivity index (χ3v) is 4.61. The minimum absolute atomic E-state index is 0.114. The van der Waals surface area contributed by atoms with Crippen LogP contribution in [0.2, 0.25) is 0 Å². The Kier molecular flexibility index (Phi) is 4.53. The van der Waals surface area contributed by atoms with Gasteiger partial charge in [0.05, 0.1) is 23.7 Å². The van der Waals surface area contributed by atoms with E-state index in [0.29, 0.717) is 6.61 Å². The molecule has 1 fully saturated rings. The first-order valence-corrected chi connectivity index (χ1v) is 7.98. The molecule has 1 aliphatic rings. The number of methoxy groups -OCH3 is 1. The second-order valence-electron chi connectivity index (χ2n) is 5.30. The summed E-state index contributed by atoms with van der Waals surface area (Å²) in [6, 6.07) is 10.4. The monoisotopic (exact) mass is 304 g/mol. The molecule has 0 saturated carbocycles. The van der Waals surface area contributed by atoms with Crippen molar-refractivity contribution in [1.29, 1.82) is 0 Å². The minimum atomic E-state index is 0.114. The Labute approximate surface area is 129 Å². The molecular formula is C16H20N2O2S. The Balaban J connectivity index is 1.76. The number of nitrogens with zero attached hydrogens (tertiary/aromatic N) is 2. The van der Waals surface area contributed by atoms with E-state index in [0.717, 1.165) is 18.2 Å². The van der Waals surface area contributed by atoms with Gasteiger partial charge < -0.3 is 14.4 Å². The van der Waals surface area contributed by atoms with Crippen LogP contribution in [0.25, 0.3) is 10.4 Å². The minimum Gasteiger partial charge on any atom is -0.382 e. The lowest BCUT2D eigenvalue weighted by Gasteiger charge is -2.36. The molecule has 1 aliphatic heterocycles. The summed E-state index contributed by atoms with van der Waals surface area (Å²) in [5.74, 6) is 0. The Hall–Kier alpha value is -1.43. The summed E-state index contributed by atoms with van der Waals surface area (Å²) in [5, 5.41) is 1.06. The summed E-state index contributed by atoms with van der Waals surface area (Å²) in [4.78, 5) is 8.10. The highest BCUT2D eigenvalue weighted by atomic mass is 32.1. The van der Waals surface area contributed by atoms with Crippen LogP contribution >= 0.6 is 11.3 Å². The molecule has 2 unspecified atom stereocenters. The average molecular weight is 304 g/mol. The highest BCUT2D eigenvalue weighted by Crippen LogP contribution is 2.32. The maximum absolute atomic E-state index is 5.88. The maximum atomic E-state index is 5.88. The first-order valence-electron chi connectivity index (χ1n) is 7.17. The number of aromatic nitrogens is 1. The molecule has 2 aromatic rings. The molecule has 0 amide bonds. The predicted octanol–water partition coefficient (Wildman–Crippen LogP) is 3.05. The van der Waals surface area contributed by atoms with E-state index in [2.05, 4.69) is 41.1 Å². The van der Waals surface area contributed by atoms with Crippen LogP contribution in [0.4, 0.5) is 5.13 Å². The lowest BCUT2D eigenvalue weighted by molar-refractivity contribution is -0.0511. The summed E-state index contributed by atoms with van der Waals surface area (Å²) < 4.78 is 11.1. The molecule has 0 aliphatic carbocycles. The van der Waals surface area contributed by atoms with Crippen LogP contribution in [0.1, 0.15) is 6.92 Å². The SMILES string of the molecule is COCC1CN(c2ncc(-c3ccccc3)s2)CC(C)O1. The van der Waals surface area contributed by atoms with E-state index in [9.17, 15) is 0 Å². The first kappa shape index (κ1) is 14.5. The van der Waals surface area contributed by atoms with E-state index >= 15 is 0 Å². The van der Waals surface area contributed by atoms with Gasteiger partial charge in [-0.1, -0.05) is 41.7 Å². The van der Waals surface area contributed by atoms with Gasteiger partial charge in [-0.3, -0.25) is 0 Å². The quantitative estimate of drug-likeness (QED) is 0.869. The van der Waals surface area contributed by atoms with Gasteiger partial charge in [0.25, 0.3) is 0 Å². The molecule has 3 rings (SSSR count). The molecule has 1 aromatic carbocycles. The highest BCUT2D eigenvalue weighted by Gasteiger charge is 2.27. The summed E-state index contributed by atoms with van der Waals surface area (Å²) in [7, 11) is 1.71. The number of anilines is 1. The van der Waals surface area contributed by atoms with Crippen molar-refractivity contribution in [1.82, 2.24) is 4.98 Å². The van der Waals surface area contributed by atoms with E-state index in [1.807, 2.05) is 12.3 Å². The zero-order chi connectivity index (χ0) is 14.7. The van der Waals surface area contributed by atoms with Gasteiger partial charge in [0.15, 0.2) is 5.13 Å². The summed E-state index contributed by atoms with van der Waals surface area (Å²) >= 11 is 1.73. The van der Waals surface area contributed by atoms with Crippen molar-refractivity contribution >= 4 is 16.5 Å². The standard InChI is InChI=1S/C16H20N2O2S/c1-12-9-18(10-14(20-12)11-19-2)16-17-8-15(21-16)13-6-4-3-5-7-13/h3-8,12,14H,9-11H2,1-2H3. The normalized spacial score (nSPS) is 22.5. The molecule has 112 valence electrons. The van der Waals surface area contributed by atoms with E-state index in [4.69, 9.17) is 9.47 Å². The number of morpholine rings is 1. The van der Waals surface area contributed by atoms with Crippen molar-refractivity contribution in [3.8, 4) is 10.4 Å². The van der Waals surface area contributed by atoms with Gasteiger partial charge in [0.2, 0.25) is 0 Å². The Morgan fingerprint density at radius 3 is 2.90 bits per heavy atom. The Morgan fingerprint density at radius 2 is 2.14 bits per heavy atom. The molecule has 2 heterocycles. The van der Waals surface area contributed by atoms with Gasteiger partial charge in [-0.15, -0.1) is 0 Å². The topological polar surface area (TPSA) is 34.6 Å². The molecule has 0 radical (unpaired) electrons. The smallest absolute Gasteiger partial charge is 0.186 e. The number of ether oxygens (including phenoxy) is 2. The zero-order valence-electron chi connectivity index (χ0n) is 12.4. The van der Waals surface area contributed by atoms with Crippen LogP contribution in [0.5, 0.6) is 0 Å². The van der Waals surface area contributed by atoms with Crippen LogP contribution in [0.3, 0.4) is 0 Å². The van der Waals surface area contributed by atoms with Crippen LogP contribution in [0, 0.1) is 0 Å². The van der Waals surface area contributed by atoms with Gasteiger partial charge in [0, 0.05) is 26.4 Å². The molecule has 21 heavy (non-hydrogen) atoms. The largest absolute Gasteiger partial charge is 0.382 e. The lowest BCUT2D eigenvalue weighted by atomic mass is 10.2.